The Labute approximate surface area is 197 Å². The summed E-state index contributed by atoms with van der Waals surface area (Å²) in [6, 6.07) is 29.0. The van der Waals surface area contributed by atoms with E-state index in [0.29, 0.717) is 0 Å². The number of ether oxygens (including phenoxy) is 2. The van der Waals surface area contributed by atoms with Crippen LogP contribution in [0.2, 0.25) is 0 Å². The predicted octanol–water partition coefficient (Wildman–Crippen LogP) is 6.24. The van der Waals surface area contributed by atoms with Gasteiger partial charge in [0.25, 0.3) is 0 Å². The van der Waals surface area contributed by atoms with E-state index in [9.17, 15) is 0 Å². The molecule has 0 saturated carbocycles. The highest BCUT2D eigenvalue weighted by atomic mass is 32.1. The van der Waals surface area contributed by atoms with Gasteiger partial charge in [-0.05, 0) is 59.7 Å². The summed E-state index contributed by atoms with van der Waals surface area (Å²) in [5, 5.41) is 0. The van der Waals surface area contributed by atoms with Crippen molar-refractivity contribution in [1.29, 1.82) is 0 Å². The molecule has 0 saturated heterocycles. The summed E-state index contributed by atoms with van der Waals surface area (Å²) in [7, 11) is 3.38. The monoisotopic (exact) mass is 455 g/mol. The van der Waals surface area contributed by atoms with Crippen molar-refractivity contribution >= 4 is 22.6 Å². The minimum Gasteiger partial charge on any atom is -0.497 e. The van der Waals surface area contributed by atoms with Crippen LogP contribution in [0, 0.1) is 0 Å². The molecule has 33 heavy (non-hydrogen) atoms. The van der Waals surface area contributed by atoms with Gasteiger partial charge < -0.3 is 14.0 Å². The van der Waals surface area contributed by atoms with Crippen LogP contribution < -0.4 is 9.47 Å². The Bertz CT molecular complexity index is 1380. The molecule has 2 heterocycles. The lowest BCUT2D eigenvalue weighted by Crippen LogP contribution is -2.05. The smallest absolute Gasteiger partial charge is 0.152 e. The van der Waals surface area contributed by atoms with E-state index >= 15 is 0 Å². The molecule has 0 aromatic heterocycles. The maximum Gasteiger partial charge on any atom is 0.152 e. The van der Waals surface area contributed by atoms with Crippen molar-refractivity contribution in [2.24, 2.45) is 0 Å². The van der Waals surface area contributed by atoms with Crippen LogP contribution in [0.5, 0.6) is 11.5 Å². The van der Waals surface area contributed by atoms with Crippen LogP contribution in [0.3, 0.4) is 0 Å². The largest absolute Gasteiger partial charge is 0.497 e. The number of pyridine rings is 1. The van der Waals surface area contributed by atoms with Gasteiger partial charge in [-0.1, -0.05) is 47.9 Å². The van der Waals surface area contributed by atoms with Crippen LogP contribution in [-0.2, 0) is 13.1 Å². The van der Waals surface area contributed by atoms with E-state index < -0.39 is 0 Å². The van der Waals surface area contributed by atoms with Gasteiger partial charge in [-0.15, -0.1) is 0 Å². The number of benzene rings is 3. The molecule has 0 fully saturated rings. The lowest BCUT2D eigenvalue weighted by molar-refractivity contribution is 0.414. The first-order chi connectivity index (χ1) is 16.2. The maximum absolute atomic E-state index is 5.31. The normalized spacial score (nSPS) is 11.0. The van der Waals surface area contributed by atoms with Crippen molar-refractivity contribution in [3.63, 3.8) is 0 Å². The Balaban J connectivity index is 1.59. The summed E-state index contributed by atoms with van der Waals surface area (Å²) in [6.07, 6.45) is 2.09. The fraction of sp³-hybridized carbons (Fsp3) is 0.148. The average Bonchev–Trinajstić information content (AvgIpc) is 3.02. The van der Waals surface area contributed by atoms with Gasteiger partial charge in [0, 0.05) is 12.7 Å². The van der Waals surface area contributed by atoms with Crippen LogP contribution >= 0.6 is 11.5 Å². The van der Waals surface area contributed by atoms with Gasteiger partial charge in [0.05, 0.1) is 36.7 Å². The van der Waals surface area contributed by atoms with Crippen LogP contribution in [0.15, 0.2) is 91.1 Å². The SMILES string of the molecule is COc1ccc(Cn2cccc3sn(Cc4ccc(OC)cc4)c4ccccc4nc2-3)cc1. The second kappa shape index (κ2) is 9.38. The predicted molar refractivity (Wildman–Crippen MR) is 134 cm³/mol. The molecule has 6 heteroatoms. The zero-order valence-electron chi connectivity index (χ0n) is 18.6. The molecule has 2 aliphatic rings. The first-order valence-electron chi connectivity index (χ1n) is 10.8. The molecule has 166 valence electrons. The van der Waals surface area contributed by atoms with Crippen LogP contribution in [0.4, 0.5) is 0 Å². The molecule has 2 aliphatic heterocycles. The first kappa shape index (κ1) is 21.1. The summed E-state index contributed by atoms with van der Waals surface area (Å²) in [6.45, 7) is 1.49. The van der Waals surface area contributed by atoms with Gasteiger partial charge in [-0.25, -0.2) is 4.98 Å². The van der Waals surface area contributed by atoms with Crippen molar-refractivity contribution in [3.8, 4) is 22.2 Å². The molecule has 5 nitrogen and oxygen atoms in total. The molecule has 0 atom stereocenters. The molecule has 3 aromatic carbocycles. The third-order valence-corrected chi connectivity index (χ3v) is 6.65. The van der Waals surface area contributed by atoms with Gasteiger partial charge >= 0.3 is 0 Å². The lowest BCUT2D eigenvalue weighted by Gasteiger charge is -2.13. The Morgan fingerprint density at radius 2 is 1.36 bits per heavy atom. The van der Waals surface area contributed by atoms with E-state index in [4.69, 9.17) is 14.5 Å². The minimum atomic E-state index is 0.734. The standard InChI is InChI=1S/C27H25N3O2S/c1-31-22-13-9-20(10-14-22)18-29-17-5-8-26-27(29)28-24-6-3-4-7-25(24)30(33-26)19-21-11-15-23(32-2)16-12-21/h3-17H,18-19H2,1-2H3. The van der Waals surface area contributed by atoms with Crippen molar-refractivity contribution in [1.82, 2.24) is 13.5 Å². The molecule has 0 aliphatic carbocycles. The highest BCUT2D eigenvalue weighted by molar-refractivity contribution is 7.10. The van der Waals surface area contributed by atoms with E-state index in [-0.39, 0.29) is 0 Å². The number of hydrogen-bond donors (Lipinski definition) is 0. The number of methoxy groups -OCH3 is 2. The molecule has 0 bridgehead atoms. The molecule has 5 rings (SSSR count). The third-order valence-electron chi connectivity index (χ3n) is 5.59. The molecular formula is C27H25N3O2S. The fourth-order valence-corrected chi connectivity index (χ4v) is 4.92. The lowest BCUT2D eigenvalue weighted by atomic mass is 10.2. The number of nitrogens with zero attached hydrogens (tertiary/aromatic N) is 3. The first-order valence-corrected chi connectivity index (χ1v) is 11.6. The van der Waals surface area contributed by atoms with Crippen LogP contribution in [0.1, 0.15) is 11.1 Å². The quantitative estimate of drug-likeness (QED) is 0.304. The Hall–Kier alpha value is -3.77. The van der Waals surface area contributed by atoms with Crippen molar-refractivity contribution in [2.45, 2.75) is 13.1 Å². The summed E-state index contributed by atoms with van der Waals surface area (Å²) < 4.78 is 15.1. The van der Waals surface area contributed by atoms with Crippen molar-refractivity contribution in [3.05, 3.63) is 102 Å². The molecule has 0 unspecified atom stereocenters. The minimum absolute atomic E-state index is 0.734. The summed E-state index contributed by atoms with van der Waals surface area (Å²) in [4.78, 5) is 6.23. The molecule has 3 aromatic rings. The number of para-hydroxylation sites is 2. The molecule has 0 N–H and O–H groups in total. The molecule has 0 spiro atoms. The zero-order chi connectivity index (χ0) is 22.6. The Morgan fingerprint density at radius 3 is 2.03 bits per heavy atom. The van der Waals surface area contributed by atoms with Crippen LogP contribution in [0.25, 0.3) is 21.7 Å². The Morgan fingerprint density at radius 1 is 0.727 bits per heavy atom. The zero-order valence-corrected chi connectivity index (χ0v) is 19.5. The Kier molecular flexibility index (Phi) is 6.00. The average molecular weight is 456 g/mol. The van der Waals surface area contributed by atoms with Crippen molar-refractivity contribution < 1.29 is 9.47 Å². The van der Waals surface area contributed by atoms with E-state index in [0.717, 1.165) is 46.3 Å². The number of rotatable bonds is 6. The fourth-order valence-electron chi connectivity index (χ4n) is 3.83. The van der Waals surface area contributed by atoms with E-state index in [2.05, 4.69) is 69.3 Å². The van der Waals surface area contributed by atoms with Crippen LogP contribution in [-0.4, -0.2) is 27.7 Å². The summed E-state index contributed by atoms with van der Waals surface area (Å²) in [5.74, 6) is 2.68. The molecular weight excluding hydrogens is 430 g/mol. The summed E-state index contributed by atoms with van der Waals surface area (Å²) >= 11 is 1.72. The third kappa shape index (κ3) is 4.56. The highest BCUT2D eigenvalue weighted by Crippen LogP contribution is 2.28. The second-order valence-corrected chi connectivity index (χ2v) is 8.81. The van der Waals surface area contributed by atoms with Gasteiger partial charge in [-0.3, -0.25) is 3.96 Å². The topological polar surface area (TPSA) is 41.2 Å². The molecule has 0 amide bonds. The highest BCUT2D eigenvalue weighted by Gasteiger charge is 2.12. The second-order valence-electron chi connectivity index (χ2n) is 7.75. The number of aromatic nitrogens is 3. The van der Waals surface area contributed by atoms with E-state index in [1.807, 2.05) is 30.3 Å². The maximum atomic E-state index is 5.31. The van der Waals surface area contributed by atoms with Gasteiger partial charge in [0.15, 0.2) is 5.82 Å². The van der Waals surface area contributed by atoms with Gasteiger partial charge in [-0.2, -0.15) is 0 Å². The number of hydrogen-bond acceptors (Lipinski definition) is 4. The number of fused-ring (bicyclic) bond motifs is 2. The van der Waals surface area contributed by atoms with E-state index in [1.54, 1.807) is 25.8 Å². The van der Waals surface area contributed by atoms with Gasteiger partial charge in [0.1, 0.15) is 11.5 Å². The van der Waals surface area contributed by atoms with Crippen molar-refractivity contribution in [2.75, 3.05) is 14.2 Å². The van der Waals surface area contributed by atoms with E-state index in [1.165, 1.54) is 11.1 Å². The summed E-state index contributed by atoms with van der Waals surface area (Å²) in [5.41, 5.74) is 4.48. The van der Waals surface area contributed by atoms with Gasteiger partial charge in [0.2, 0.25) is 0 Å². The molecule has 0 radical (unpaired) electrons.